The number of ether oxygens (including phenoxy) is 2. The van der Waals surface area contributed by atoms with E-state index in [2.05, 4.69) is 25.2 Å². The van der Waals surface area contributed by atoms with E-state index < -0.39 is 19.8 Å². The number of hydrogen-bond acceptors (Lipinski definition) is 5. The molecule has 0 saturated carbocycles. The van der Waals surface area contributed by atoms with Crippen LogP contribution in [0.2, 0.25) is 18.6 Å². The summed E-state index contributed by atoms with van der Waals surface area (Å²) in [5.74, 6) is -0.625. The summed E-state index contributed by atoms with van der Waals surface area (Å²) in [6.45, 7) is 10.00. The van der Waals surface area contributed by atoms with E-state index in [0.29, 0.717) is 6.42 Å². The lowest BCUT2D eigenvalue weighted by Gasteiger charge is -2.34. The molecule has 1 aliphatic heterocycles. The Kier molecular flexibility index (Phi) is 7.97. The minimum absolute atomic E-state index is 0.0910. The molecule has 3 rings (SSSR count). The van der Waals surface area contributed by atoms with Crippen molar-refractivity contribution in [2.45, 2.75) is 70.3 Å². The summed E-state index contributed by atoms with van der Waals surface area (Å²) >= 11 is 0. The van der Waals surface area contributed by atoms with Gasteiger partial charge >= 0.3 is 12.1 Å². The molecule has 0 aromatic heterocycles. The third kappa shape index (κ3) is 6.56. The van der Waals surface area contributed by atoms with Crippen LogP contribution < -0.4 is 5.19 Å². The number of cyclic esters (lactones) is 1. The van der Waals surface area contributed by atoms with E-state index in [9.17, 15) is 14.4 Å². The van der Waals surface area contributed by atoms with Gasteiger partial charge in [0.15, 0.2) is 0 Å². The second-order valence-electron chi connectivity index (χ2n) is 10.5. The van der Waals surface area contributed by atoms with Gasteiger partial charge in [0.25, 0.3) is 0 Å². The van der Waals surface area contributed by atoms with Gasteiger partial charge in [0.2, 0.25) is 5.91 Å². The quantitative estimate of drug-likeness (QED) is 0.404. The highest BCUT2D eigenvalue weighted by molar-refractivity contribution is 6.91. The molecule has 2 aromatic carbocycles. The Morgan fingerprint density at radius 3 is 2.21 bits per heavy atom. The molecule has 2 atom stereocenters. The number of rotatable bonds is 8. The van der Waals surface area contributed by atoms with Gasteiger partial charge in [-0.1, -0.05) is 78.9 Å². The zero-order chi connectivity index (χ0) is 24.9. The number of carbonyl (C=O) groups is 3. The van der Waals surface area contributed by atoms with Crippen LogP contribution in [0.4, 0.5) is 4.79 Å². The van der Waals surface area contributed by atoms with Gasteiger partial charge in [0.1, 0.15) is 12.2 Å². The second-order valence-corrected chi connectivity index (χ2v) is 15.3. The van der Waals surface area contributed by atoms with Gasteiger partial charge in [-0.3, -0.25) is 9.59 Å². The van der Waals surface area contributed by atoms with E-state index in [4.69, 9.17) is 9.47 Å². The SMILES string of the molecule is CC(C)(C)OC(=O)C[C@H](CC(=O)N1C(=O)OC[C@@H]1Cc1ccccc1)[Si](C)(C)c1ccccc1. The zero-order valence-corrected chi connectivity index (χ0v) is 21.7. The number of imide groups is 1. The van der Waals surface area contributed by atoms with Crippen LogP contribution in [0.5, 0.6) is 0 Å². The Morgan fingerprint density at radius 1 is 1.03 bits per heavy atom. The van der Waals surface area contributed by atoms with Crippen molar-refractivity contribution in [2.75, 3.05) is 6.61 Å². The Hall–Kier alpha value is -2.93. The van der Waals surface area contributed by atoms with Crippen molar-refractivity contribution in [3.05, 3.63) is 66.2 Å². The van der Waals surface area contributed by atoms with Crippen molar-refractivity contribution in [2.24, 2.45) is 0 Å². The van der Waals surface area contributed by atoms with Gasteiger partial charge in [0.05, 0.1) is 14.1 Å². The number of amides is 2. The number of nitrogens with zero attached hydrogens (tertiary/aromatic N) is 1. The van der Waals surface area contributed by atoms with Gasteiger partial charge in [-0.25, -0.2) is 9.69 Å². The second kappa shape index (κ2) is 10.6. The molecule has 7 heteroatoms. The van der Waals surface area contributed by atoms with Gasteiger partial charge in [-0.15, -0.1) is 0 Å². The standard InChI is InChI=1S/C27H35NO5Si/c1-27(2,3)33-25(30)18-23(34(4,5)22-14-10-7-11-15-22)17-24(29)28-21(19-32-26(28)31)16-20-12-8-6-9-13-20/h6-15,21,23H,16-19H2,1-5H3/t21-,23-/m0/s1. The van der Waals surface area contributed by atoms with E-state index in [0.717, 1.165) is 10.8 Å². The van der Waals surface area contributed by atoms with E-state index >= 15 is 0 Å². The van der Waals surface area contributed by atoms with Crippen molar-refractivity contribution < 1.29 is 23.9 Å². The number of hydrogen-bond donors (Lipinski definition) is 0. The number of esters is 1. The topological polar surface area (TPSA) is 72.9 Å². The van der Waals surface area contributed by atoms with Crippen molar-refractivity contribution in [3.63, 3.8) is 0 Å². The predicted molar refractivity (Wildman–Crippen MR) is 135 cm³/mol. The fourth-order valence-electron chi connectivity index (χ4n) is 4.38. The molecule has 0 unspecified atom stereocenters. The minimum atomic E-state index is -2.28. The number of benzene rings is 2. The molecular formula is C27H35NO5Si. The molecule has 0 aliphatic carbocycles. The van der Waals surface area contributed by atoms with Crippen molar-refractivity contribution in [3.8, 4) is 0 Å². The van der Waals surface area contributed by atoms with Crippen molar-refractivity contribution in [1.82, 2.24) is 4.90 Å². The summed E-state index contributed by atoms with van der Waals surface area (Å²) in [5, 5.41) is 1.15. The maximum absolute atomic E-state index is 13.5. The highest BCUT2D eigenvalue weighted by Gasteiger charge is 2.43. The molecule has 34 heavy (non-hydrogen) atoms. The maximum atomic E-state index is 13.5. The predicted octanol–water partition coefficient (Wildman–Crippen LogP) is 4.68. The summed E-state index contributed by atoms with van der Waals surface area (Å²) in [6, 6.07) is 19.4. The Balaban J connectivity index is 1.83. The lowest BCUT2D eigenvalue weighted by Crippen LogP contribution is -2.49. The fraction of sp³-hybridized carbons (Fsp3) is 0.444. The van der Waals surface area contributed by atoms with E-state index in [1.165, 1.54) is 4.90 Å². The molecule has 0 spiro atoms. The van der Waals surface area contributed by atoms with Crippen LogP contribution in [0, 0.1) is 0 Å². The van der Waals surface area contributed by atoms with E-state index in [-0.39, 0.29) is 42.9 Å². The lowest BCUT2D eigenvalue weighted by molar-refractivity contribution is -0.154. The molecule has 1 saturated heterocycles. The molecule has 2 aromatic rings. The van der Waals surface area contributed by atoms with Gasteiger partial charge in [-0.05, 0) is 38.3 Å². The maximum Gasteiger partial charge on any atom is 0.416 e. The van der Waals surface area contributed by atoms with Gasteiger partial charge in [-0.2, -0.15) is 0 Å². The zero-order valence-electron chi connectivity index (χ0n) is 20.7. The first kappa shape index (κ1) is 25.7. The van der Waals surface area contributed by atoms with Crippen LogP contribution >= 0.6 is 0 Å². The van der Waals surface area contributed by atoms with Crippen LogP contribution in [0.3, 0.4) is 0 Å². The Morgan fingerprint density at radius 2 is 1.62 bits per heavy atom. The fourth-order valence-corrected chi connectivity index (χ4v) is 7.27. The lowest BCUT2D eigenvalue weighted by atomic mass is 10.1. The monoisotopic (exact) mass is 481 g/mol. The molecule has 182 valence electrons. The van der Waals surface area contributed by atoms with Crippen LogP contribution in [0.25, 0.3) is 0 Å². The summed E-state index contributed by atoms with van der Waals surface area (Å²) in [5.41, 5.74) is 0.194. The molecule has 1 aliphatic rings. The normalized spacial score (nSPS) is 17.3. The van der Waals surface area contributed by atoms with E-state index in [1.807, 2.05) is 69.3 Å². The average Bonchev–Trinajstić information content (AvgIpc) is 3.13. The molecular weight excluding hydrogens is 446 g/mol. The van der Waals surface area contributed by atoms with E-state index in [1.54, 1.807) is 0 Å². The van der Waals surface area contributed by atoms with Crippen LogP contribution in [0.1, 0.15) is 39.2 Å². The summed E-state index contributed by atoms with van der Waals surface area (Å²) in [4.78, 5) is 40.1. The molecule has 0 N–H and O–H groups in total. The first-order valence-corrected chi connectivity index (χ1v) is 14.8. The van der Waals surface area contributed by atoms with Gasteiger partial charge < -0.3 is 9.47 Å². The molecule has 2 amide bonds. The van der Waals surface area contributed by atoms with Crippen molar-refractivity contribution in [1.29, 1.82) is 0 Å². The highest BCUT2D eigenvalue weighted by Crippen LogP contribution is 2.32. The van der Waals surface area contributed by atoms with Gasteiger partial charge in [0, 0.05) is 12.8 Å². The first-order valence-electron chi connectivity index (χ1n) is 11.8. The summed E-state index contributed by atoms with van der Waals surface area (Å²) < 4.78 is 10.9. The largest absolute Gasteiger partial charge is 0.460 e. The smallest absolute Gasteiger partial charge is 0.416 e. The molecule has 1 fully saturated rings. The molecule has 0 radical (unpaired) electrons. The third-order valence-corrected chi connectivity index (χ3v) is 10.6. The summed E-state index contributed by atoms with van der Waals surface area (Å²) in [7, 11) is -2.28. The van der Waals surface area contributed by atoms with Crippen LogP contribution in [-0.4, -0.2) is 49.2 Å². The molecule has 1 heterocycles. The van der Waals surface area contributed by atoms with Crippen LogP contribution in [-0.2, 0) is 25.5 Å². The molecule has 0 bridgehead atoms. The average molecular weight is 482 g/mol. The third-order valence-electron chi connectivity index (χ3n) is 6.34. The minimum Gasteiger partial charge on any atom is -0.460 e. The first-order chi connectivity index (χ1) is 16.0. The highest BCUT2D eigenvalue weighted by atomic mass is 28.3. The van der Waals surface area contributed by atoms with Crippen molar-refractivity contribution >= 4 is 31.2 Å². The summed E-state index contributed by atoms with van der Waals surface area (Å²) in [6.07, 6.45) is 0.146. The number of carbonyl (C=O) groups excluding carboxylic acids is 3. The van der Waals surface area contributed by atoms with Crippen LogP contribution in [0.15, 0.2) is 60.7 Å². The molecule has 6 nitrogen and oxygen atoms in total. The Labute approximate surface area is 203 Å². The Bertz CT molecular complexity index is 1000.